The number of rotatable bonds is 5. The number of piperazine rings is 1. The second-order valence-corrected chi connectivity index (χ2v) is 8.10. The van der Waals surface area contributed by atoms with E-state index < -0.39 is 0 Å². The summed E-state index contributed by atoms with van der Waals surface area (Å²) in [4.78, 5) is 22.3. The number of aromatic nitrogens is 3. The summed E-state index contributed by atoms with van der Waals surface area (Å²) in [5.41, 5.74) is 3.54. The van der Waals surface area contributed by atoms with Crippen LogP contribution in [0.2, 0.25) is 5.02 Å². The summed E-state index contributed by atoms with van der Waals surface area (Å²) < 4.78 is 1.94. The van der Waals surface area contributed by atoms with Gasteiger partial charge in [0.05, 0.1) is 17.3 Å². The van der Waals surface area contributed by atoms with Crippen molar-refractivity contribution in [1.29, 1.82) is 0 Å². The molecule has 1 amide bonds. The first kappa shape index (κ1) is 20.6. The molecule has 0 saturated carbocycles. The topological polar surface area (TPSA) is 66.3 Å². The Morgan fingerprint density at radius 1 is 1.27 bits per heavy atom. The van der Waals surface area contributed by atoms with E-state index in [1.807, 2.05) is 49.1 Å². The predicted octanol–water partition coefficient (Wildman–Crippen LogP) is 3.09. The Morgan fingerprint density at radius 3 is 2.73 bits per heavy atom. The molecule has 4 rings (SSSR count). The van der Waals surface area contributed by atoms with Gasteiger partial charge in [0, 0.05) is 68.0 Å². The summed E-state index contributed by atoms with van der Waals surface area (Å²) in [5, 5.41) is 9.12. The Balaban J connectivity index is 1.70. The SMILES string of the molecule is CCn1ncc(CN(C)C(=O)c2cc(N3CCNCC3)nc3ccc(Cl)cc23)c1C. The van der Waals surface area contributed by atoms with E-state index in [0.29, 0.717) is 17.1 Å². The number of pyridine rings is 1. The van der Waals surface area contributed by atoms with Gasteiger partial charge in [-0.25, -0.2) is 4.98 Å². The van der Waals surface area contributed by atoms with E-state index in [1.54, 1.807) is 4.90 Å². The van der Waals surface area contributed by atoms with Gasteiger partial charge in [-0.2, -0.15) is 5.10 Å². The third-order valence-electron chi connectivity index (χ3n) is 5.69. The molecular formula is C22H27ClN6O. The van der Waals surface area contributed by atoms with Crippen molar-refractivity contribution < 1.29 is 4.79 Å². The number of hydrogen-bond donors (Lipinski definition) is 1. The Hall–Kier alpha value is -2.64. The Morgan fingerprint density at radius 2 is 2.03 bits per heavy atom. The maximum absolute atomic E-state index is 13.5. The minimum absolute atomic E-state index is 0.0512. The van der Waals surface area contributed by atoms with E-state index in [9.17, 15) is 4.79 Å². The van der Waals surface area contributed by atoms with Crippen molar-refractivity contribution in [2.75, 3.05) is 38.1 Å². The lowest BCUT2D eigenvalue weighted by atomic mass is 10.1. The number of benzene rings is 1. The highest BCUT2D eigenvalue weighted by atomic mass is 35.5. The van der Waals surface area contributed by atoms with E-state index in [1.165, 1.54) is 0 Å². The zero-order chi connectivity index (χ0) is 21.3. The van der Waals surface area contributed by atoms with E-state index in [-0.39, 0.29) is 5.91 Å². The summed E-state index contributed by atoms with van der Waals surface area (Å²) >= 11 is 6.25. The van der Waals surface area contributed by atoms with Gasteiger partial charge in [0.25, 0.3) is 5.91 Å². The molecule has 0 radical (unpaired) electrons. The standard InChI is InChI=1S/C22H27ClN6O/c1-4-29-15(2)16(13-25-29)14-27(3)22(30)19-12-21(28-9-7-24-8-10-28)26-20-6-5-17(23)11-18(19)20/h5-6,11-13,24H,4,7-10,14H2,1-3H3. The molecule has 8 heteroatoms. The highest BCUT2D eigenvalue weighted by Crippen LogP contribution is 2.27. The van der Waals surface area contributed by atoms with Gasteiger partial charge in [0.1, 0.15) is 5.82 Å². The number of hydrogen-bond acceptors (Lipinski definition) is 5. The molecule has 2 aromatic heterocycles. The Bertz CT molecular complexity index is 1070. The van der Waals surface area contributed by atoms with Gasteiger partial charge < -0.3 is 15.1 Å². The molecule has 0 aliphatic carbocycles. The number of fused-ring (bicyclic) bond motifs is 1. The number of anilines is 1. The molecule has 158 valence electrons. The first-order valence-electron chi connectivity index (χ1n) is 10.3. The summed E-state index contributed by atoms with van der Waals surface area (Å²) in [6.07, 6.45) is 1.84. The molecule has 3 heterocycles. The number of carbonyl (C=O) groups is 1. The van der Waals surface area contributed by atoms with Crippen LogP contribution in [0.3, 0.4) is 0 Å². The zero-order valence-electron chi connectivity index (χ0n) is 17.7. The number of aryl methyl sites for hydroxylation is 1. The molecule has 3 aromatic rings. The van der Waals surface area contributed by atoms with Crippen molar-refractivity contribution in [3.05, 3.63) is 52.3 Å². The van der Waals surface area contributed by atoms with Crippen molar-refractivity contribution in [1.82, 2.24) is 25.0 Å². The highest BCUT2D eigenvalue weighted by Gasteiger charge is 2.21. The molecule has 7 nitrogen and oxygen atoms in total. The van der Waals surface area contributed by atoms with Crippen LogP contribution in [0, 0.1) is 6.92 Å². The zero-order valence-corrected chi connectivity index (χ0v) is 18.4. The van der Waals surface area contributed by atoms with Crippen LogP contribution in [-0.2, 0) is 13.1 Å². The maximum Gasteiger partial charge on any atom is 0.254 e. The average molecular weight is 427 g/mol. The molecule has 1 N–H and O–H groups in total. The normalized spacial score (nSPS) is 14.3. The minimum atomic E-state index is -0.0512. The predicted molar refractivity (Wildman–Crippen MR) is 120 cm³/mol. The van der Waals surface area contributed by atoms with Gasteiger partial charge in [-0.15, -0.1) is 0 Å². The number of halogens is 1. The highest BCUT2D eigenvalue weighted by molar-refractivity contribution is 6.31. The smallest absolute Gasteiger partial charge is 0.254 e. The Labute approximate surface area is 181 Å². The third kappa shape index (κ3) is 4.00. The van der Waals surface area contributed by atoms with Crippen LogP contribution in [0.4, 0.5) is 5.82 Å². The number of nitrogens with zero attached hydrogens (tertiary/aromatic N) is 5. The summed E-state index contributed by atoms with van der Waals surface area (Å²) in [5.74, 6) is 0.780. The lowest BCUT2D eigenvalue weighted by Gasteiger charge is -2.29. The largest absolute Gasteiger partial charge is 0.354 e. The second-order valence-electron chi connectivity index (χ2n) is 7.66. The fraction of sp³-hybridized carbons (Fsp3) is 0.409. The molecule has 1 saturated heterocycles. The number of amides is 1. The average Bonchev–Trinajstić information content (AvgIpc) is 3.12. The minimum Gasteiger partial charge on any atom is -0.354 e. The molecule has 0 unspecified atom stereocenters. The maximum atomic E-state index is 13.5. The van der Waals surface area contributed by atoms with Crippen molar-refractivity contribution in [2.45, 2.75) is 26.9 Å². The van der Waals surface area contributed by atoms with Gasteiger partial charge in [0.2, 0.25) is 0 Å². The fourth-order valence-electron chi connectivity index (χ4n) is 3.91. The van der Waals surface area contributed by atoms with Crippen LogP contribution in [0.15, 0.2) is 30.5 Å². The van der Waals surface area contributed by atoms with Gasteiger partial charge in [-0.1, -0.05) is 11.6 Å². The third-order valence-corrected chi connectivity index (χ3v) is 5.92. The molecule has 1 fully saturated rings. The fourth-order valence-corrected chi connectivity index (χ4v) is 4.08. The van der Waals surface area contributed by atoms with Crippen molar-refractivity contribution in [3.8, 4) is 0 Å². The lowest BCUT2D eigenvalue weighted by molar-refractivity contribution is 0.0787. The first-order chi connectivity index (χ1) is 14.5. The monoisotopic (exact) mass is 426 g/mol. The first-order valence-corrected chi connectivity index (χ1v) is 10.7. The molecular weight excluding hydrogens is 400 g/mol. The Kier molecular flexibility index (Phi) is 5.92. The van der Waals surface area contributed by atoms with E-state index in [0.717, 1.165) is 60.7 Å². The molecule has 0 bridgehead atoms. The van der Waals surface area contributed by atoms with Gasteiger partial charge >= 0.3 is 0 Å². The summed E-state index contributed by atoms with van der Waals surface area (Å²) in [6, 6.07) is 7.44. The molecule has 1 aliphatic heterocycles. The number of nitrogens with one attached hydrogen (secondary N) is 1. The van der Waals surface area contributed by atoms with Crippen LogP contribution in [0.1, 0.15) is 28.5 Å². The summed E-state index contributed by atoms with van der Waals surface area (Å²) in [7, 11) is 1.83. The number of carbonyl (C=O) groups excluding carboxylic acids is 1. The van der Waals surface area contributed by atoms with Crippen LogP contribution in [0.25, 0.3) is 10.9 Å². The molecule has 1 aliphatic rings. The van der Waals surface area contributed by atoms with Crippen molar-refractivity contribution in [2.24, 2.45) is 0 Å². The van der Waals surface area contributed by atoms with Gasteiger partial charge in [-0.05, 0) is 38.1 Å². The van der Waals surface area contributed by atoms with Crippen LogP contribution < -0.4 is 10.2 Å². The van der Waals surface area contributed by atoms with E-state index >= 15 is 0 Å². The summed E-state index contributed by atoms with van der Waals surface area (Å²) in [6.45, 7) is 8.95. The molecule has 0 spiro atoms. The quantitative estimate of drug-likeness (QED) is 0.679. The molecule has 30 heavy (non-hydrogen) atoms. The van der Waals surface area contributed by atoms with Gasteiger partial charge in [0.15, 0.2) is 0 Å². The lowest BCUT2D eigenvalue weighted by Crippen LogP contribution is -2.44. The van der Waals surface area contributed by atoms with E-state index in [4.69, 9.17) is 16.6 Å². The second kappa shape index (κ2) is 8.62. The molecule has 0 atom stereocenters. The van der Waals surface area contributed by atoms with Gasteiger partial charge in [-0.3, -0.25) is 9.48 Å². The van der Waals surface area contributed by atoms with Crippen molar-refractivity contribution >= 4 is 34.2 Å². The van der Waals surface area contributed by atoms with Crippen LogP contribution >= 0.6 is 11.6 Å². The van der Waals surface area contributed by atoms with Crippen molar-refractivity contribution in [3.63, 3.8) is 0 Å². The molecule has 1 aromatic carbocycles. The van der Waals surface area contributed by atoms with Crippen LogP contribution in [-0.4, -0.2) is 58.8 Å². The van der Waals surface area contributed by atoms with Crippen LogP contribution in [0.5, 0.6) is 0 Å². The van der Waals surface area contributed by atoms with E-state index in [2.05, 4.69) is 22.2 Å².